The maximum absolute atomic E-state index is 12.7. The van der Waals surface area contributed by atoms with Gasteiger partial charge in [-0.1, -0.05) is 57.6 Å². The van der Waals surface area contributed by atoms with Gasteiger partial charge in [0.25, 0.3) is 0 Å². The fourth-order valence-corrected chi connectivity index (χ4v) is 6.91. The molecule has 6 nitrogen and oxygen atoms in total. The van der Waals surface area contributed by atoms with E-state index < -0.39 is 0 Å². The summed E-state index contributed by atoms with van der Waals surface area (Å²) < 4.78 is 17.3. The lowest BCUT2D eigenvalue weighted by atomic mass is 9.99. The van der Waals surface area contributed by atoms with Crippen molar-refractivity contribution in [3.05, 3.63) is 70.0 Å². The van der Waals surface area contributed by atoms with Gasteiger partial charge in [0, 0.05) is 15.6 Å². The summed E-state index contributed by atoms with van der Waals surface area (Å²) in [5.74, 6) is 1.54. The van der Waals surface area contributed by atoms with Crippen LogP contribution in [0.2, 0.25) is 0 Å². The molecule has 1 atom stereocenters. The van der Waals surface area contributed by atoms with E-state index in [1.807, 2.05) is 0 Å². The number of aromatic nitrogens is 2. The summed E-state index contributed by atoms with van der Waals surface area (Å²) >= 11 is 5.32. The maximum Gasteiger partial charge on any atom is 0.349 e. The Bertz CT molecular complexity index is 1730. The SMILES string of the molecule is COC(=O)CC1COc2ccc3ccccc3c2-c2c(NC(C)(C)C)n3c(-c4ccc(Br)cc4)c(C)sc3[n+]21. The third-order valence-electron chi connectivity index (χ3n) is 7.05. The summed E-state index contributed by atoms with van der Waals surface area (Å²) in [6.45, 7) is 9.04. The van der Waals surface area contributed by atoms with Gasteiger partial charge in [0.1, 0.15) is 18.4 Å². The van der Waals surface area contributed by atoms with Crippen LogP contribution in [0.5, 0.6) is 5.75 Å². The molecule has 1 aliphatic rings. The molecule has 0 radical (unpaired) electrons. The third kappa shape index (κ3) is 4.49. The number of carbonyl (C=O) groups excluding carboxylic acids is 1. The van der Waals surface area contributed by atoms with Gasteiger partial charge in [0.05, 0.1) is 24.0 Å². The van der Waals surface area contributed by atoms with E-state index in [0.717, 1.165) is 54.3 Å². The summed E-state index contributed by atoms with van der Waals surface area (Å²) in [6, 6.07) is 20.8. The van der Waals surface area contributed by atoms with Crippen molar-refractivity contribution < 1.29 is 18.8 Å². The minimum absolute atomic E-state index is 0.208. The fraction of sp³-hybridized carbons (Fsp3) is 0.290. The second-order valence-corrected chi connectivity index (χ2v) is 13.1. The quantitative estimate of drug-likeness (QED) is 0.170. The van der Waals surface area contributed by atoms with Gasteiger partial charge < -0.3 is 14.8 Å². The Morgan fingerprint density at radius 3 is 2.62 bits per heavy atom. The number of imidazole rings is 1. The summed E-state index contributed by atoms with van der Waals surface area (Å²) in [7, 11) is 1.44. The van der Waals surface area contributed by atoms with E-state index in [1.165, 1.54) is 12.0 Å². The van der Waals surface area contributed by atoms with E-state index in [-0.39, 0.29) is 24.0 Å². The normalized spacial score (nSPS) is 15.0. The molecule has 1 N–H and O–H groups in total. The van der Waals surface area contributed by atoms with Crippen molar-refractivity contribution in [3.63, 3.8) is 0 Å². The molecule has 0 saturated heterocycles. The van der Waals surface area contributed by atoms with E-state index in [9.17, 15) is 4.79 Å². The Kier molecular flexibility index (Phi) is 6.43. The van der Waals surface area contributed by atoms with Crippen molar-refractivity contribution >= 4 is 54.8 Å². The van der Waals surface area contributed by atoms with Crippen LogP contribution in [0.25, 0.3) is 38.2 Å². The topological polar surface area (TPSA) is 55.9 Å². The molecule has 1 aliphatic heterocycles. The first kappa shape index (κ1) is 25.9. The highest BCUT2D eigenvalue weighted by atomic mass is 79.9. The van der Waals surface area contributed by atoms with E-state index >= 15 is 0 Å². The minimum Gasteiger partial charge on any atom is -0.488 e. The molecule has 0 aliphatic carbocycles. The molecule has 0 bridgehead atoms. The first-order valence-electron chi connectivity index (χ1n) is 13.0. The Morgan fingerprint density at radius 1 is 1.15 bits per heavy atom. The van der Waals surface area contributed by atoms with Gasteiger partial charge in [-0.3, -0.25) is 4.79 Å². The standard InChI is InChI=1S/C31H31BrN3O3S/c1-18-27(20-10-13-21(32)14-11-20)35-29(33-31(2,3)4)28-26-23-9-7-6-8-19(23)12-15-24(26)38-17-22(16-25(36)37-5)34(28)30(35)39-18/h6-15,22,33H,16-17H2,1-5H3/q+1. The second kappa shape index (κ2) is 9.68. The zero-order valence-electron chi connectivity index (χ0n) is 22.7. The molecule has 6 rings (SSSR count). The lowest BCUT2D eigenvalue weighted by Gasteiger charge is -2.21. The summed E-state index contributed by atoms with van der Waals surface area (Å²) in [6.07, 6.45) is 0.208. The highest BCUT2D eigenvalue weighted by Gasteiger charge is 2.42. The lowest BCUT2D eigenvalue weighted by Crippen LogP contribution is -2.43. The number of rotatable bonds is 4. The predicted molar refractivity (Wildman–Crippen MR) is 161 cm³/mol. The van der Waals surface area contributed by atoms with Crippen molar-refractivity contribution in [1.82, 2.24) is 4.40 Å². The number of thiazole rings is 1. The average molecular weight is 606 g/mol. The molecule has 3 heterocycles. The zero-order chi connectivity index (χ0) is 27.5. The number of hydrogen-bond donors (Lipinski definition) is 1. The predicted octanol–water partition coefficient (Wildman–Crippen LogP) is 7.55. The Hall–Kier alpha value is -3.36. The minimum atomic E-state index is -0.260. The van der Waals surface area contributed by atoms with Crippen LogP contribution < -0.4 is 14.6 Å². The Labute approximate surface area is 240 Å². The average Bonchev–Trinajstić information content (AvgIpc) is 3.31. The highest BCUT2D eigenvalue weighted by Crippen LogP contribution is 2.46. The number of nitrogens with one attached hydrogen (secondary N) is 1. The van der Waals surface area contributed by atoms with Crippen LogP contribution in [0, 0.1) is 6.92 Å². The first-order valence-corrected chi connectivity index (χ1v) is 14.6. The van der Waals surface area contributed by atoms with Crippen LogP contribution in [-0.2, 0) is 9.53 Å². The smallest absolute Gasteiger partial charge is 0.349 e. The molecule has 1 unspecified atom stereocenters. The van der Waals surface area contributed by atoms with Gasteiger partial charge in [0.2, 0.25) is 11.5 Å². The van der Waals surface area contributed by atoms with Crippen molar-refractivity contribution in [3.8, 4) is 28.3 Å². The number of nitrogens with zero attached hydrogens (tertiary/aromatic N) is 2. The molecule has 8 heteroatoms. The number of methoxy groups -OCH3 is 1. The summed E-state index contributed by atoms with van der Waals surface area (Å²) in [4.78, 5) is 14.9. The second-order valence-electron chi connectivity index (χ2n) is 11.0. The number of aryl methyl sites for hydroxylation is 1. The highest BCUT2D eigenvalue weighted by molar-refractivity contribution is 9.10. The molecule has 39 heavy (non-hydrogen) atoms. The fourth-order valence-electron chi connectivity index (χ4n) is 5.45. The number of hydrogen-bond acceptors (Lipinski definition) is 5. The van der Waals surface area contributed by atoms with Gasteiger partial charge in [-0.2, -0.15) is 4.40 Å². The molecule has 5 aromatic rings. The number of fused-ring (bicyclic) bond motifs is 7. The zero-order valence-corrected chi connectivity index (χ0v) is 25.1. The first-order chi connectivity index (χ1) is 18.7. The summed E-state index contributed by atoms with van der Waals surface area (Å²) in [5, 5.41) is 6.10. The molecule has 0 spiro atoms. The maximum atomic E-state index is 12.7. The van der Waals surface area contributed by atoms with Gasteiger partial charge in [0.15, 0.2) is 5.69 Å². The van der Waals surface area contributed by atoms with Crippen LogP contribution in [0.15, 0.2) is 65.1 Å². The number of benzene rings is 3. The van der Waals surface area contributed by atoms with Crippen LogP contribution in [0.1, 0.15) is 38.1 Å². The van der Waals surface area contributed by atoms with E-state index in [4.69, 9.17) is 9.47 Å². The monoisotopic (exact) mass is 604 g/mol. The number of ether oxygens (including phenoxy) is 2. The van der Waals surface area contributed by atoms with Crippen LogP contribution in [0.4, 0.5) is 5.82 Å². The molecule has 0 saturated carbocycles. The molecular weight excluding hydrogens is 574 g/mol. The molecule has 0 amide bonds. The largest absolute Gasteiger partial charge is 0.488 e. The molecule has 2 aromatic heterocycles. The number of carbonyl (C=O) groups is 1. The molecular formula is C31H31BrN3O3S+. The van der Waals surface area contributed by atoms with Crippen LogP contribution >= 0.6 is 27.3 Å². The Morgan fingerprint density at radius 2 is 1.90 bits per heavy atom. The summed E-state index contributed by atoms with van der Waals surface area (Å²) in [5.41, 5.74) is 4.08. The van der Waals surface area contributed by atoms with Crippen molar-refractivity contribution in [2.24, 2.45) is 0 Å². The van der Waals surface area contributed by atoms with Crippen molar-refractivity contribution in [1.29, 1.82) is 0 Å². The Balaban J connectivity index is 1.78. The van der Waals surface area contributed by atoms with Crippen molar-refractivity contribution in [2.75, 3.05) is 19.0 Å². The third-order valence-corrected chi connectivity index (χ3v) is 8.64. The number of anilines is 1. The van der Waals surface area contributed by atoms with Gasteiger partial charge in [-0.25, -0.2) is 4.57 Å². The lowest BCUT2D eigenvalue weighted by molar-refractivity contribution is -0.684. The van der Waals surface area contributed by atoms with E-state index in [1.54, 1.807) is 11.3 Å². The molecule has 200 valence electrons. The van der Waals surface area contributed by atoms with Crippen LogP contribution in [0.3, 0.4) is 0 Å². The van der Waals surface area contributed by atoms with Gasteiger partial charge in [-0.15, -0.1) is 0 Å². The van der Waals surface area contributed by atoms with Gasteiger partial charge in [-0.05, 0) is 68.8 Å². The molecule has 3 aromatic carbocycles. The van der Waals surface area contributed by atoms with Gasteiger partial charge >= 0.3 is 10.9 Å². The molecule has 0 fully saturated rings. The number of esters is 1. The van der Waals surface area contributed by atoms with E-state index in [2.05, 4.69) is 119 Å². The number of halogens is 1. The van der Waals surface area contributed by atoms with Crippen LogP contribution in [-0.4, -0.2) is 29.6 Å². The van der Waals surface area contributed by atoms with E-state index in [0.29, 0.717) is 6.61 Å². The van der Waals surface area contributed by atoms with Crippen molar-refractivity contribution in [2.45, 2.75) is 45.7 Å².